The number of alkyl halides is 3. The van der Waals surface area contributed by atoms with Crippen LogP contribution in [0.1, 0.15) is 29.8 Å². The molecule has 0 saturated heterocycles. The van der Waals surface area contributed by atoms with E-state index < -0.39 is 39.4 Å². The minimum absolute atomic E-state index is 0.0837. The van der Waals surface area contributed by atoms with Crippen molar-refractivity contribution in [3.05, 3.63) is 33.4 Å². The van der Waals surface area contributed by atoms with Crippen LogP contribution in [0.4, 0.5) is 18.9 Å². The van der Waals surface area contributed by atoms with Crippen LogP contribution in [0.3, 0.4) is 0 Å². The number of benzene rings is 1. The van der Waals surface area contributed by atoms with Crippen molar-refractivity contribution in [2.75, 3.05) is 6.61 Å². The average molecular weight is 277 g/mol. The number of carbonyl (C=O) groups is 1. The zero-order valence-corrected chi connectivity index (χ0v) is 10.1. The summed E-state index contributed by atoms with van der Waals surface area (Å²) in [6, 6.07) is 1.87. The van der Waals surface area contributed by atoms with Crippen LogP contribution in [-0.4, -0.2) is 17.3 Å². The molecular weight excluding hydrogens is 267 g/mol. The van der Waals surface area contributed by atoms with E-state index in [-0.39, 0.29) is 6.61 Å². The number of nitrogens with zero attached hydrogens (tertiary/aromatic N) is 1. The minimum atomic E-state index is -4.99. The number of hydrogen-bond acceptors (Lipinski definition) is 4. The second-order valence-electron chi connectivity index (χ2n) is 3.58. The van der Waals surface area contributed by atoms with Gasteiger partial charge in [-0.25, -0.2) is 0 Å². The Morgan fingerprint density at radius 2 is 2.00 bits per heavy atom. The Balaban J connectivity index is 3.72. The van der Waals surface area contributed by atoms with Gasteiger partial charge in [0.15, 0.2) is 11.3 Å². The van der Waals surface area contributed by atoms with Gasteiger partial charge in [-0.2, -0.15) is 13.2 Å². The molecule has 0 atom stereocenters. The molecule has 0 amide bonds. The highest BCUT2D eigenvalue weighted by molar-refractivity contribution is 5.99. The molecule has 0 fully saturated rings. The molecule has 0 saturated carbocycles. The molecule has 1 rings (SSSR count). The number of hydrogen-bond donors (Lipinski definition) is 0. The highest BCUT2D eigenvalue weighted by Gasteiger charge is 2.44. The fourth-order valence-electron chi connectivity index (χ4n) is 1.60. The number of ketones is 1. The molecule has 0 radical (unpaired) electrons. The summed E-state index contributed by atoms with van der Waals surface area (Å²) in [4.78, 5) is 20.8. The molecule has 0 heterocycles. The summed E-state index contributed by atoms with van der Waals surface area (Å²) in [6.07, 6.45) is -4.99. The highest BCUT2D eigenvalue weighted by Crippen LogP contribution is 2.44. The third-order valence-corrected chi connectivity index (χ3v) is 2.28. The molecule has 0 aliphatic carbocycles. The van der Waals surface area contributed by atoms with Gasteiger partial charge >= 0.3 is 6.18 Å². The monoisotopic (exact) mass is 277 g/mol. The second kappa shape index (κ2) is 5.25. The predicted octanol–water partition coefficient (Wildman–Crippen LogP) is 3.21. The average Bonchev–Trinajstić information content (AvgIpc) is 2.26. The Labute approximate surface area is 106 Å². The molecule has 1 aromatic rings. The fourth-order valence-corrected chi connectivity index (χ4v) is 1.60. The smallest absolute Gasteiger partial charge is 0.426 e. The van der Waals surface area contributed by atoms with E-state index in [0.29, 0.717) is 0 Å². The van der Waals surface area contributed by atoms with Crippen molar-refractivity contribution in [3.63, 3.8) is 0 Å². The van der Waals surface area contributed by atoms with Crippen molar-refractivity contribution in [1.82, 2.24) is 0 Å². The number of nitro benzene ring substituents is 1. The maximum atomic E-state index is 12.9. The molecule has 0 aliphatic heterocycles. The predicted molar refractivity (Wildman–Crippen MR) is 59.3 cm³/mol. The molecule has 0 spiro atoms. The maximum absolute atomic E-state index is 12.9. The van der Waals surface area contributed by atoms with Crippen LogP contribution in [0.15, 0.2) is 12.1 Å². The summed E-state index contributed by atoms with van der Waals surface area (Å²) in [5.74, 6) is -1.48. The van der Waals surface area contributed by atoms with Crippen molar-refractivity contribution < 1.29 is 27.6 Å². The molecule has 104 valence electrons. The molecule has 0 aliphatic rings. The topological polar surface area (TPSA) is 69.4 Å². The Morgan fingerprint density at radius 3 is 2.37 bits per heavy atom. The van der Waals surface area contributed by atoms with Crippen LogP contribution in [-0.2, 0) is 6.18 Å². The van der Waals surface area contributed by atoms with E-state index in [4.69, 9.17) is 4.74 Å². The van der Waals surface area contributed by atoms with Crippen LogP contribution < -0.4 is 4.74 Å². The Kier molecular flexibility index (Phi) is 4.13. The quantitative estimate of drug-likeness (QED) is 0.481. The molecule has 0 aromatic heterocycles. The van der Waals surface area contributed by atoms with E-state index in [2.05, 4.69) is 0 Å². The van der Waals surface area contributed by atoms with Crippen LogP contribution in [0.25, 0.3) is 0 Å². The number of ether oxygens (including phenoxy) is 1. The van der Waals surface area contributed by atoms with E-state index in [1.165, 1.54) is 6.92 Å². The second-order valence-corrected chi connectivity index (χ2v) is 3.58. The lowest BCUT2D eigenvalue weighted by Gasteiger charge is -2.14. The fraction of sp³-hybridized carbons (Fsp3) is 0.364. The van der Waals surface area contributed by atoms with E-state index >= 15 is 0 Å². The SMILES string of the molecule is CCOc1ccc(C(C)=O)c([N+](=O)[O-])c1C(F)(F)F. The lowest BCUT2D eigenvalue weighted by molar-refractivity contribution is -0.388. The lowest BCUT2D eigenvalue weighted by Crippen LogP contribution is -2.14. The third kappa shape index (κ3) is 3.01. The van der Waals surface area contributed by atoms with Gasteiger partial charge in [0.05, 0.1) is 17.1 Å². The Hall–Kier alpha value is -2.12. The molecule has 0 unspecified atom stereocenters. The zero-order chi connectivity index (χ0) is 14.8. The van der Waals surface area contributed by atoms with Crippen LogP contribution in [0.5, 0.6) is 5.75 Å². The molecule has 8 heteroatoms. The van der Waals surface area contributed by atoms with Crippen molar-refractivity contribution in [3.8, 4) is 5.75 Å². The molecule has 0 N–H and O–H groups in total. The first-order chi connectivity index (χ1) is 8.70. The summed E-state index contributed by atoms with van der Waals surface area (Å²) < 4.78 is 43.6. The van der Waals surface area contributed by atoms with Gasteiger partial charge in [-0.15, -0.1) is 0 Å². The Bertz CT molecular complexity index is 525. The molecular formula is C11H10F3NO4. The maximum Gasteiger partial charge on any atom is 0.426 e. The van der Waals surface area contributed by atoms with Crippen LogP contribution >= 0.6 is 0 Å². The van der Waals surface area contributed by atoms with E-state index in [1.54, 1.807) is 0 Å². The van der Waals surface area contributed by atoms with Gasteiger partial charge in [-0.3, -0.25) is 14.9 Å². The zero-order valence-electron chi connectivity index (χ0n) is 10.1. The van der Waals surface area contributed by atoms with E-state index in [9.17, 15) is 28.1 Å². The van der Waals surface area contributed by atoms with Crippen molar-refractivity contribution in [2.45, 2.75) is 20.0 Å². The Morgan fingerprint density at radius 1 is 1.42 bits per heavy atom. The van der Waals surface area contributed by atoms with E-state index in [1.807, 2.05) is 0 Å². The van der Waals surface area contributed by atoms with Crippen molar-refractivity contribution in [2.24, 2.45) is 0 Å². The van der Waals surface area contributed by atoms with Crippen LogP contribution in [0, 0.1) is 10.1 Å². The lowest BCUT2D eigenvalue weighted by atomic mass is 10.0. The number of rotatable bonds is 4. The highest BCUT2D eigenvalue weighted by atomic mass is 19.4. The molecule has 5 nitrogen and oxygen atoms in total. The summed E-state index contributed by atoms with van der Waals surface area (Å²) in [7, 11) is 0. The van der Waals surface area contributed by atoms with Gasteiger partial charge in [0.1, 0.15) is 5.75 Å². The van der Waals surface area contributed by atoms with Crippen LogP contribution in [0.2, 0.25) is 0 Å². The van der Waals surface area contributed by atoms with Gasteiger partial charge in [-0.05, 0) is 26.0 Å². The minimum Gasteiger partial charge on any atom is -0.493 e. The summed E-state index contributed by atoms with van der Waals surface area (Å²) in [5, 5.41) is 10.8. The van der Waals surface area contributed by atoms with Gasteiger partial charge in [0, 0.05) is 0 Å². The first-order valence-electron chi connectivity index (χ1n) is 5.22. The summed E-state index contributed by atoms with van der Waals surface area (Å²) >= 11 is 0. The van der Waals surface area contributed by atoms with Gasteiger partial charge in [0.2, 0.25) is 0 Å². The normalized spacial score (nSPS) is 11.2. The number of carbonyl (C=O) groups excluding carboxylic acids is 1. The van der Waals surface area contributed by atoms with Crippen molar-refractivity contribution >= 4 is 11.5 Å². The largest absolute Gasteiger partial charge is 0.493 e. The summed E-state index contributed by atoms with van der Waals surface area (Å²) in [6.45, 7) is 2.33. The number of Topliss-reactive ketones (excluding diaryl/α,β-unsaturated/α-hetero) is 1. The third-order valence-electron chi connectivity index (χ3n) is 2.28. The number of nitro groups is 1. The van der Waals surface area contributed by atoms with E-state index in [0.717, 1.165) is 19.1 Å². The first kappa shape index (κ1) is 14.9. The summed E-state index contributed by atoms with van der Waals surface area (Å²) in [5.41, 5.74) is -3.40. The first-order valence-corrected chi connectivity index (χ1v) is 5.22. The van der Waals surface area contributed by atoms with Crippen molar-refractivity contribution in [1.29, 1.82) is 0 Å². The number of halogens is 3. The molecule has 19 heavy (non-hydrogen) atoms. The van der Waals surface area contributed by atoms with Gasteiger partial charge in [0.25, 0.3) is 5.69 Å². The van der Waals surface area contributed by atoms with Gasteiger partial charge < -0.3 is 4.74 Å². The van der Waals surface area contributed by atoms with Gasteiger partial charge in [-0.1, -0.05) is 0 Å². The molecule has 0 bridgehead atoms. The molecule has 1 aromatic carbocycles. The standard InChI is InChI=1S/C11H10F3NO4/c1-3-19-8-5-4-7(6(2)16)10(15(17)18)9(8)11(12,13)14/h4-5H,3H2,1-2H3.